The van der Waals surface area contributed by atoms with Gasteiger partial charge >= 0.3 is 0 Å². The van der Waals surface area contributed by atoms with E-state index in [4.69, 9.17) is 16.1 Å². The summed E-state index contributed by atoms with van der Waals surface area (Å²) < 4.78 is 32.8. The van der Waals surface area contributed by atoms with Crippen LogP contribution in [0.1, 0.15) is 11.5 Å². The van der Waals surface area contributed by atoms with Crippen LogP contribution in [0.25, 0.3) is 22.8 Å². The van der Waals surface area contributed by atoms with Gasteiger partial charge in [-0.05, 0) is 48.5 Å². The van der Waals surface area contributed by atoms with Gasteiger partial charge in [0.25, 0.3) is 5.89 Å². The molecule has 0 saturated carbocycles. The Morgan fingerprint density at radius 2 is 1.63 bits per heavy atom. The van der Waals surface area contributed by atoms with Crippen molar-refractivity contribution in [3.05, 3.63) is 96.1 Å². The maximum absolute atomic E-state index is 14.4. The standard InChI is InChI=1S/C21H16F2N6O/c22-15-7-5-14(6-8-15)20-27-21(30-28-20)18(24)19(13-9-11-26-12-10-13)29(25)17-4-2-1-3-16(17)23/h1-12H,24-25H2/b19-18-. The van der Waals surface area contributed by atoms with E-state index in [1.165, 1.54) is 36.4 Å². The van der Waals surface area contributed by atoms with Crippen molar-refractivity contribution in [2.45, 2.75) is 0 Å². The van der Waals surface area contributed by atoms with Crippen molar-refractivity contribution in [2.75, 3.05) is 5.01 Å². The average molecular weight is 406 g/mol. The molecule has 9 heteroatoms. The Balaban J connectivity index is 1.82. The first kappa shape index (κ1) is 19.2. The number of anilines is 1. The van der Waals surface area contributed by atoms with Crippen molar-refractivity contribution in [2.24, 2.45) is 11.6 Å². The van der Waals surface area contributed by atoms with Gasteiger partial charge in [-0.2, -0.15) is 4.98 Å². The SMILES string of the molecule is N/C(=C(/c1ccncc1)N(N)c1ccccc1F)c1nc(-c2ccc(F)cc2)no1. The zero-order valence-corrected chi connectivity index (χ0v) is 15.5. The highest BCUT2D eigenvalue weighted by Crippen LogP contribution is 2.30. The first-order valence-corrected chi connectivity index (χ1v) is 8.84. The molecule has 4 aromatic rings. The molecular formula is C21H16F2N6O. The number of aromatic nitrogens is 3. The normalized spacial score (nSPS) is 11.8. The number of benzene rings is 2. The quantitative estimate of drug-likeness (QED) is 0.385. The van der Waals surface area contributed by atoms with Gasteiger partial charge in [-0.15, -0.1) is 0 Å². The zero-order chi connectivity index (χ0) is 21.1. The summed E-state index contributed by atoms with van der Waals surface area (Å²) in [5.41, 5.74) is 7.83. The van der Waals surface area contributed by atoms with E-state index in [0.717, 1.165) is 5.01 Å². The Bertz CT molecular complexity index is 1190. The number of nitrogens with zero attached hydrogens (tertiary/aromatic N) is 4. The minimum Gasteiger partial charge on any atom is -0.392 e. The number of halogens is 2. The van der Waals surface area contributed by atoms with Gasteiger partial charge in [-0.1, -0.05) is 17.3 Å². The minimum atomic E-state index is -0.531. The van der Waals surface area contributed by atoms with Gasteiger partial charge in [-0.3, -0.25) is 9.99 Å². The van der Waals surface area contributed by atoms with E-state index < -0.39 is 5.82 Å². The maximum atomic E-state index is 14.4. The Morgan fingerprint density at radius 3 is 2.33 bits per heavy atom. The lowest BCUT2D eigenvalue weighted by molar-refractivity contribution is 0.408. The Morgan fingerprint density at radius 1 is 0.933 bits per heavy atom. The molecule has 4 N–H and O–H groups in total. The molecule has 0 amide bonds. The summed E-state index contributed by atoms with van der Waals surface area (Å²) in [6.07, 6.45) is 3.10. The summed E-state index contributed by atoms with van der Waals surface area (Å²) in [5.74, 6) is 5.53. The summed E-state index contributed by atoms with van der Waals surface area (Å²) in [5, 5.41) is 5.01. The molecule has 0 fully saturated rings. The van der Waals surface area contributed by atoms with Crippen LogP contribution in [0.5, 0.6) is 0 Å². The van der Waals surface area contributed by atoms with E-state index in [2.05, 4.69) is 15.1 Å². The summed E-state index contributed by atoms with van der Waals surface area (Å²) in [4.78, 5) is 8.26. The Kier molecular flexibility index (Phi) is 5.19. The largest absolute Gasteiger partial charge is 0.392 e. The highest BCUT2D eigenvalue weighted by atomic mass is 19.1. The highest BCUT2D eigenvalue weighted by Gasteiger charge is 2.22. The molecule has 150 valence electrons. The van der Waals surface area contributed by atoms with E-state index in [-0.39, 0.29) is 34.6 Å². The number of rotatable bonds is 5. The third-order valence-electron chi connectivity index (χ3n) is 4.32. The number of hydrazine groups is 1. The van der Waals surface area contributed by atoms with Crippen LogP contribution < -0.4 is 16.6 Å². The number of para-hydroxylation sites is 1. The molecule has 0 spiro atoms. The number of pyridine rings is 1. The summed E-state index contributed by atoms with van der Waals surface area (Å²) >= 11 is 0. The van der Waals surface area contributed by atoms with E-state index in [0.29, 0.717) is 11.1 Å². The van der Waals surface area contributed by atoms with Gasteiger partial charge in [0.05, 0.1) is 11.4 Å². The van der Waals surface area contributed by atoms with E-state index in [1.54, 1.807) is 36.7 Å². The molecule has 0 aliphatic carbocycles. The molecule has 0 aliphatic rings. The Hall–Kier alpha value is -4.11. The molecule has 2 aromatic carbocycles. The second-order valence-electron chi connectivity index (χ2n) is 6.25. The fraction of sp³-hybridized carbons (Fsp3) is 0. The summed E-state index contributed by atoms with van der Waals surface area (Å²) in [7, 11) is 0. The molecule has 0 saturated heterocycles. The third-order valence-corrected chi connectivity index (χ3v) is 4.32. The molecular weight excluding hydrogens is 390 g/mol. The lowest BCUT2D eigenvalue weighted by Crippen LogP contribution is -2.32. The average Bonchev–Trinajstić information content (AvgIpc) is 3.26. The van der Waals surface area contributed by atoms with Crippen molar-refractivity contribution in [1.82, 2.24) is 15.1 Å². The fourth-order valence-corrected chi connectivity index (χ4v) is 2.85. The maximum Gasteiger partial charge on any atom is 0.276 e. The second kappa shape index (κ2) is 8.10. The fourth-order valence-electron chi connectivity index (χ4n) is 2.85. The van der Waals surface area contributed by atoms with Crippen LogP contribution in [0.3, 0.4) is 0 Å². The highest BCUT2D eigenvalue weighted by molar-refractivity contribution is 5.93. The van der Waals surface area contributed by atoms with Crippen LogP contribution >= 0.6 is 0 Å². The molecule has 4 rings (SSSR count). The van der Waals surface area contributed by atoms with Gasteiger partial charge in [0.15, 0.2) is 0 Å². The minimum absolute atomic E-state index is 0.0204. The predicted octanol–water partition coefficient (Wildman–Crippen LogP) is 3.57. The molecule has 0 bridgehead atoms. The van der Waals surface area contributed by atoms with Crippen molar-refractivity contribution in [3.8, 4) is 11.4 Å². The van der Waals surface area contributed by atoms with Gasteiger partial charge in [0.1, 0.15) is 17.3 Å². The van der Waals surface area contributed by atoms with E-state index >= 15 is 0 Å². The van der Waals surface area contributed by atoms with Gasteiger partial charge in [0.2, 0.25) is 5.82 Å². The number of hydrogen-bond acceptors (Lipinski definition) is 7. The van der Waals surface area contributed by atoms with Crippen LogP contribution in [0.15, 0.2) is 77.6 Å². The summed E-state index contributed by atoms with van der Waals surface area (Å²) in [6.45, 7) is 0. The monoisotopic (exact) mass is 406 g/mol. The van der Waals surface area contributed by atoms with Crippen LogP contribution in [-0.4, -0.2) is 15.1 Å². The summed E-state index contributed by atoms with van der Waals surface area (Å²) in [6, 6.07) is 14.9. The first-order valence-electron chi connectivity index (χ1n) is 8.84. The molecule has 0 atom stereocenters. The lowest BCUT2D eigenvalue weighted by Gasteiger charge is -2.23. The topological polar surface area (TPSA) is 107 Å². The van der Waals surface area contributed by atoms with Gasteiger partial charge in [0, 0.05) is 23.5 Å². The van der Waals surface area contributed by atoms with Crippen molar-refractivity contribution in [1.29, 1.82) is 0 Å². The number of nitrogens with two attached hydrogens (primary N) is 2. The Labute approximate surface area is 170 Å². The second-order valence-corrected chi connectivity index (χ2v) is 6.25. The smallest absolute Gasteiger partial charge is 0.276 e. The number of hydrogen-bond donors (Lipinski definition) is 2. The molecule has 2 aromatic heterocycles. The molecule has 0 aliphatic heterocycles. The van der Waals surface area contributed by atoms with E-state index in [1.807, 2.05) is 0 Å². The van der Waals surface area contributed by atoms with Crippen LogP contribution in [0.4, 0.5) is 14.5 Å². The van der Waals surface area contributed by atoms with Crippen molar-refractivity contribution >= 4 is 17.1 Å². The molecule has 7 nitrogen and oxygen atoms in total. The molecule has 0 radical (unpaired) electrons. The third kappa shape index (κ3) is 3.74. The van der Waals surface area contributed by atoms with Crippen molar-refractivity contribution < 1.29 is 13.3 Å². The van der Waals surface area contributed by atoms with Crippen LogP contribution in [-0.2, 0) is 0 Å². The zero-order valence-electron chi connectivity index (χ0n) is 15.5. The van der Waals surface area contributed by atoms with Gasteiger partial charge in [-0.25, -0.2) is 14.6 Å². The van der Waals surface area contributed by atoms with Crippen LogP contribution in [0.2, 0.25) is 0 Å². The van der Waals surface area contributed by atoms with Crippen LogP contribution in [0, 0.1) is 11.6 Å². The lowest BCUT2D eigenvalue weighted by atomic mass is 10.1. The molecule has 0 unspecified atom stereocenters. The molecule has 30 heavy (non-hydrogen) atoms. The van der Waals surface area contributed by atoms with E-state index in [9.17, 15) is 8.78 Å². The first-order chi connectivity index (χ1) is 14.5. The van der Waals surface area contributed by atoms with Crippen molar-refractivity contribution in [3.63, 3.8) is 0 Å². The molecule has 2 heterocycles. The van der Waals surface area contributed by atoms with Gasteiger partial charge < -0.3 is 10.3 Å². The predicted molar refractivity (Wildman–Crippen MR) is 108 cm³/mol.